The number of amides is 3. The summed E-state index contributed by atoms with van der Waals surface area (Å²) in [6.07, 6.45) is 0.873. The first kappa shape index (κ1) is 25.0. The van der Waals surface area contributed by atoms with Crippen LogP contribution in [0.5, 0.6) is 11.5 Å². The minimum atomic E-state index is -0.217. The Hall–Kier alpha value is -3.22. The molecule has 0 atom stereocenters. The second-order valence-electron chi connectivity index (χ2n) is 7.86. The third-order valence-electron chi connectivity index (χ3n) is 4.85. The summed E-state index contributed by atoms with van der Waals surface area (Å²) in [5.74, 6) is 1.16. The number of carbonyl (C=O) groups excluding carboxylic acids is 2. The second-order valence-corrected chi connectivity index (χ2v) is 7.86. The minimum absolute atomic E-state index is 0.0316. The van der Waals surface area contributed by atoms with Gasteiger partial charge in [-0.3, -0.25) is 4.79 Å². The molecule has 0 saturated carbocycles. The van der Waals surface area contributed by atoms with Crippen LogP contribution in [0.3, 0.4) is 0 Å². The molecule has 0 aromatic heterocycles. The van der Waals surface area contributed by atoms with Gasteiger partial charge in [0.1, 0.15) is 6.61 Å². The summed E-state index contributed by atoms with van der Waals surface area (Å²) in [5, 5.41) is 5.57. The van der Waals surface area contributed by atoms with Crippen molar-refractivity contribution in [1.82, 2.24) is 15.5 Å². The van der Waals surface area contributed by atoms with E-state index in [2.05, 4.69) is 10.6 Å². The zero-order valence-corrected chi connectivity index (χ0v) is 19.5. The zero-order valence-electron chi connectivity index (χ0n) is 19.5. The standard InChI is InChI=1S/C25H35N3O4/c1-5-13-26-25(30)27-14-15-28(24(29)19(2)3)17-21-11-12-22(23(16-21)31-4)32-18-20-9-7-6-8-10-20/h6-12,16,19H,5,13-15,17-18H2,1-4H3,(H2,26,27,30). The van der Waals surface area contributed by atoms with Crippen molar-refractivity contribution in [3.63, 3.8) is 0 Å². The van der Waals surface area contributed by atoms with E-state index in [0.29, 0.717) is 44.3 Å². The Morgan fingerprint density at radius 1 is 0.969 bits per heavy atom. The van der Waals surface area contributed by atoms with E-state index in [0.717, 1.165) is 17.5 Å². The van der Waals surface area contributed by atoms with Gasteiger partial charge in [-0.05, 0) is 29.7 Å². The van der Waals surface area contributed by atoms with Crippen LogP contribution < -0.4 is 20.1 Å². The van der Waals surface area contributed by atoms with Crippen LogP contribution in [-0.2, 0) is 17.9 Å². The van der Waals surface area contributed by atoms with Crippen molar-refractivity contribution in [2.24, 2.45) is 5.92 Å². The van der Waals surface area contributed by atoms with Gasteiger partial charge in [-0.25, -0.2) is 4.79 Å². The quantitative estimate of drug-likeness (QED) is 0.522. The zero-order chi connectivity index (χ0) is 23.3. The number of rotatable bonds is 12. The smallest absolute Gasteiger partial charge is 0.314 e. The van der Waals surface area contributed by atoms with Gasteiger partial charge in [0.15, 0.2) is 11.5 Å². The maximum atomic E-state index is 12.7. The molecule has 3 amide bonds. The topological polar surface area (TPSA) is 79.9 Å². The molecule has 2 N–H and O–H groups in total. The van der Waals surface area contributed by atoms with E-state index in [1.807, 2.05) is 69.3 Å². The van der Waals surface area contributed by atoms with Gasteiger partial charge >= 0.3 is 6.03 Å². The van der Waals surface area contributed by atoms with Crippen molar-refractivity contribution in [1.29, 1.82) is 0 Å². The third kappa shape index (κ3) is 8.13. The predicted molar refractivity (Wildman–Crippen MR) is 126 cm³/mol. The molecule has 32 heavy (non-hydrogen) atoms. The van der Waals surface area contributed by atoms with Gasteiger partial charge in [0.05, 0.1) is 7.11 Å². The number of nitrogens with zero attached hydrogens (tertiary/aromatic N) is 1. The Morgan fingerprint density at radius 2 is 1.69 bits per heavy atom. The first-order valence-electron chi connectivity index (χ1n) is 11.1. The summed E-state index contributed by atoms with van der Waals surface area (Å²) in [6.45, 7) is 8.03. The fourth-order valence-corrected chi connectivity index (χ4v) is 3.12. The van der Waals surface area contributed by atoms with E-state index < -0.39 is 0 Å². The second kappa shape index (κ2) is 13.2. The number of methoxy groups -OCH3 is 1. The number of urea groups is 1. The molecule has 2 rings (SSSR count). The molecule has 0 unspecified atom stereocenters. The van der Waals surface area contributed by atoms with Crippen molar-refractivity contribution < 1.29 is 19.1 Å². The molecule has 0 aliphatic carbocycles. The monoisotopic (exact) mass is 441 g/mol. The lowest BCUT2D eigenvalue weighted by Gasteiger charge is -2.25. The minimum Gasteiger partial charge on any atom is -0.493 e. The van der Waals surface area contributed by atoms with Gasteiger partial charge in [-0.15, -0.1) is 0 Å². The molecule has 7 nitrogen and oxygen atoms in total. The van der Waals surface area contributed by atoms with Gasteiger partial charge in [-0.2, -0.15) is 0 Å². The average molecular weight is 442 g/mol. The normalized spacial score (nSPS) is 10.5. The molecule has 0 aliphatic heterocycles. The van der Waals surface area contributed by atoms with Crippen molar-refractivity contribution in [3.8, 4) is 11.5 Å². The summed E-state index contributed by atoms with van der Waals surface area (Å²) in [5.41, 5.74) is 2.00. The molecule has 174 valence electrons. The summed E-state index contributed by atoms with van der Waals surface area (Å²) < 4.78 is 11.4. The van der Waals surface area contributed by atoms with E-state index in [1.165, 1.54) is 0 Å². The summed E-state index contributed by atoms with van der Waals surface area (Å²) in [6, 6.07) is 15.4. The van der Waals surface area contributed by atoms with E-state index in [1.54, 1.807) is 12.0 Å². The Labute approximate surface area is 191 Å². The Balaban J connectivity index is 2.02. The lowest BCUT2D eigenvalue weighted by atomic mass is 10.1. The highest BCUT2D eigenvalue weighted by Gasteiger charge is 2.18. The molecule has 0 aliphatic rings. The lowest BCUT2D eigenvalue weighted by Crippen LogP contribution is -2.43. The van der Waals surface area contributed by atoms with E-state index in [9.17, 15) is 9.59 Å². The number of hydrogen-bond acceptors (Lipinski definition) is 4. The molecule has 0 bridgehead atoms. The Morgan fingerprint density at radius 3 is 2.34 bits per heavy atom. The fourth-order valence-electron chi connectivity index (χ4n) is 3.12. The fraction of sp³-hybridized carbons (Fsp3) is 0.440. The molecule has 0 fully saturated rings. The van der Waals surface area contributed by atoms with Crippen LogP contribution in [-0.4, -0.2) is 43.6 Å². The van der Waals surface area contributed by atoms with E-state index in [4.69, 9.17) is 9.47 Å². The molecular weight excluding hydrogens is 406 g/mol. The van der Waals surface area contributed by atoms with Crippen LogP contribution in [0.1, 0.15) is 38.3 Å². The Kier molecular flexibility index (Phi) is 10.4. The van der Waals surface area contributed by atoms with Gasteiger partial charge in [0, 0.05) is 32.1 Å². The molecule has 2 aromatic rings. The SMILES string of the molecule is CCCNC(=O)NCCN(Cc1ccc(OCc2ccccc2)c(OC)c1)C(=O)C(C)C. The average Bonchev–Trinajstić information content (AvgIpc) is 2.81. The molecule has 0 radical (unpaired) electrons. The number of ether oxygens (including phenoxy) is 2. The highest BCUT2D eigenvalue weighted by molar-refractivity contribution is 5.78. The highest BCUT2D eigenvalue weighted by Crippen LogP contribution is 2.29. The Bertz CT molecular complexity index is 856. The van der Waals surface area contributed by atoms with Crippen LogP contribution in [0.2, 0.25) is 0 Å². The molecular formula is C25H35N3O4. The van der Waals surface area contributed by atoms with Gasteiger partial charge < -0.3 is 25.0 Å². The van der Waals surface area contributed by atoms with Crippen LogP contribution >= 0.6 is 0 Å². The summed E-state index contributed by atoms with van der Waals surface area (Å²) in [7, 11) is 1.60. The predicted octanol–water partition coefficient (Wildman–Crippen LogP) is 3.97. The largest absolute Gasteiger partial charge is 0.493 e. The first-order valence-corrected chi connectivity index (χ1v) is 11.1. The maximum Gasteiger partial charge on any atom is 0.314 e. The van der Waals surface area contributed by atoms with Crippen LogP contribution in [0.4, 0.5) is 4.79 Å². The van der Waals surface area contributed by atoms with Crippen molar-refractivity contribution >= 4 is 11.9 Å². The van der Waals surface area contributed by atoms with Crippen molar-refractivity contribution in [3.05, 3.63) is 59.7 Å². The summed E-state index contributed by atoms with van der Waals surface area (Å²) in [4.78, 5) is 26.2. The molecule has 0 heterocycles. The van der Waals surface area contributed by atoms with E-state index in [-0.39, 0.29) is 17.9 Å². The first-order chi connectivity index (χ1) is 15.4. The van der Waals surface area contributed by atoms with Gasteiger partial charge in [0.2, 0.25) is 5.91 Å². The molecule has 0 spiro atoms. The van der Waals surface area contributed by atoms with Gasteiger partial charge in [-0.1, -0.05) is 57.2 Å². The number of carbonyl (C=O) groups is 2. The van der Waals surface area contributed by atoms with Crippen LogP contribution in [0.25, 0.3) is 0 Å². The lowest BCUT2D eigenvalue weighted by molar-refractivity contribution is -0.135. The van der Waals surface area contributed by atoms with Crippen molar-refractivity contribution in [2.75, 3.05) is 26.7 Å². The number of hydrogen-bond donors (Lipinski definition) is 2. The molecule has 7 heteroatoms. The van der Waals surface area contributed by atoms with E-state index >= 15 is 0 Å². The number of nitrogens with one attached hydrogen (secondary N) is 2. The number of benzene rings is 2. The molecule has 0 saturated heterocycles. The van der Waals surface area contributed by atoms with Crippen LogP contribution in [0, 0.1) is 5.92 Å². The maximum absolute atomic E-state index is 12.7. The summed E-state index contributed by atoms with van der Waals surface area (Å²) >= 11 is 0. The van der Waals surface area contributed by atoms with Crippen molar-refractivity contribution in [2.45, 2.75) is 40.3 Å². The van der Waals surface area contributed by atoms with Crippen LogP contribution in [0.15, 0.2) is 48.5 Å². The molecule has 2 aromatic carbocycles. The van der Waals surface area contributed by atoms with Gasteiger partial charge in [0.25, 0.3) is 0 Å². The third-order valence-corrected chi connectivity index (χ3v) is 4.85. The highest BCUT2D eigenvalue weighted by atomic mass is 16.5.